The van der Waals surface area contributed by atoms with Gasteiger partial charge in [0.1, 0.15) is 55.8 Å². The molecule has 0 saturated carbocycles. The lowest BCUT2D eigenvalue weighted by Gasteiger charge is -2.37. The first kappa shape index (κ1) is 110. The van der Waals surface area contributed by atoms with Gasteiger partial charge in [0.15, 0.2) is 16.9 Å². The van der Waals surface area contributed by atoms with E-state index in [-0.39, 0.29) is 92.0 Å². The quantitative estimate of drug-likeness (QED) is 0.00619. The van der Waals surface area contributed by atoms with Crippen LogP contribution in [-0.2, 0) is 74.1 Å². The summed E-state index contributed by atoms with van der Waals surface area (Å²) in [5.74, 6) is 2.07. The summed E-state index contributed by atoms with van der Waals surface area (Å²) in [7, 11) is 5.15. The normalized spacial score (nSPS) is 16.5. The third kappa shape index (κ3) is 29.0. The maximum absolute atomic E-state index is 12.6. The van der Waals surface area contributed by atoms with Crippen LogP contribution in [0.1, 0.15) is 38.5 Å². The third-order valence-corrected chi connectivity index (χ3v) is 32.7. The Bertz CT molecular complexity index is 6320. The first-order valence-corrected chi connectivity index (χ1v) is 60.4. The van der Waals surface area contributed by atoms with E-state index in [0.717, 1.165) is 119 Å². The number of carbonyl (C=O) groups excluding carboxylic acids is 3. The van der Waals surface area contributed by atoms with Crippen LogP contribution in [0, 0.1) is 0 Å². The Kier molecular flexibility index (Phi) is 36.8. The minimum atomic E-state index is -3.31. The van der Waals surface area contributed by atoms with E-state index in [0.29, 0.717) is 149 Å². The van der Waals surface area contributed by atoms with Gasteiger partial charge in [0.25, 0.3) is 0 Å². The van der Waals surface area contributed by atoms with E-state index in [4.69, 9.17) is 65.2 Å². The van der Waals surface area contributed by atoms with Crippen LogP contribution in [0.4, 0.5) is 63.1 Å². The average molecular weight is 2080 g/mol. The summed E-state index contributed by atoms with van der Waals surface area (Å²) in [5.41, 5.74) is 13.6. The molecular formula is C94H139ClN24O18S3Si2. The molecule has 0 spiro atoms. The van der Waals surface area contributed by atoms with Crippen molar-refractivity contribution in [1.82, 2.24) is 71.2 Å². The van der Waals surface area contributed by atoms with Gasteiger partial charge in [-0.05, 0) is 159 Å². The Balaban J connectivity index is 0.000000176. The van der Waals surface area contributed by atoms with Crippen LogP contribution < -0.4 is 75.4 Å². The number of ether oxygens (including phenoxy) is 8. The molecule has 0 bridgehead atoms. The third-order valence-electron chi connectivity index (χ3n) is 25.4. The van der Waals surface area contributed by atoms with E-state index < -0.39 is 46.2 Å². The van der Waals surface area contributed by atoms with Crippen molar-refractivity contribution in [3.63, 3.8) is 0 Å². The average Bonchev–Trinajstić information content (AvgIpc) is 1.57. The van der Waals surface area contributed by atoms with E-state index in [1.54, 1.807) is 45.7 Å². The molecule has 0 radical (unpaired) electrons. The number of nitrogens with one attached hydrogen (secondary N) is 5. The van der Waals surface area contributed by atoms with Gasteiger partial charge in [-0.25, -0.2) is 25.3 Å². The topological polar surface area (TPSA) is 455 Å². The lowest BCUT2D eigenvalue weighted by Crippen LogP contribution is -2.55. The molecule has 8 N–H and O–H groups in total. The highest BCUT2D eigenvalue weighted by Gasteiger charge is 2.40. The number of nitrogens with two attached hydrogens (primary N) is 1. The number of nitrogens with zero attached hydrogens (tertiary/aromatic N) is 18. The number of hydrogen-bond acceptors (Lipinski definition) is 33. The standard InChI is InChI=1S/C33H50N8O6SSi.C28H38N8O6S.C17H26N4O2.C16H25ClN4O4SSi/c1-9-30(42)34-26-18-27(29(45-4)19-28(26)39-13-10-23(11-14-39)38(2)3)35-33-36-31-25(12-15-40(31)22-46-16-17-49(6,7)8)32(37-33)47-24-20-41(21-24)48(5,43)44;1-6-25(38)29-21-13-22(24(41-4)14-23(21)34-10-7-18(8-11-34)33(2)3)30-28-31-26-20(9-12-35(26)17-37)27(32-28)42-19-15-36(16-19)43(5,39)40;1-5-17(22)19-14-10-13(18)16(23-4)11-15(14)21-8-6-12(7-9-21)20(2)3;1-26(22,23)21-9-12(10-21)25-15-13-5-6-20(14(13)18-16(17)19-15)11-24-7-8-27(2,3)4/h9,12,15,18-19,23-24H,1,10-11,13-14,16-17,20-22H2,2-8H3,(H,34,42)(H,35,36,37);6,9,12-14,18-19,37H,1,7-8,10-11,15-17H2,2-5H3,(H,29,38)(H,30,31,32);5,10-12H,1,6-9,18H2,2-4H3,(H,19,22);5-6,12H,7-11H2,1-4H3. The number of nitrogen functional groups attached to an aromatic ring is 1. The molecule has 776 valence electrons. The zero-order valence-corrected chi connectivity index (χ0v) is 89.7. The molecule has 6 saturated heterocycles. The highest BCUT2D eigenvalue weighted by Crippen LogP contribution is 2.45. The smallest absolute Gasteiger partial charge is 0.247 e. The van der Waals surface area contributed by atoms with Crippen molar-refractivity contribution < 1.29 is 82.6 Å². The Morgan fingerprint density at radius 1 is 0.458 bits per heavy atom. The minimum Gasteiger partial charge on any atom is -0.495 e. The first-order chi connectivity index (χ1) is 67.1. The molecule has 0 aliphatic carbocycles. The number of rotatable bonds is 39. The van der Waals surface area contributed by atoms with E-state index in [2.05, 4.69) is 177 Å². The molecule has 6 fully saturated rings. The van der Waals surface area contributed by atoms with Crippen molar-refractivity contribution in [1.29, 1.82) is 0 Å². The largest absolute Gasteiger partial charge is 0.495 e. The molecule has 0 atom stereocenters. The molecular weight excluding hydrogens is 1940 g/mol. The molecule has 142 heavy (non-hydrogen) atoms. The van der Waals surface area contributed by atoms with Crippen LogP contribution in [-0.4, -0.2) is 346 Å². The van der Waals surface area contributed by atoms with Crippen LogP contribution in [0.5, 0.6) is 34.9 Å². The number of hydrogen-bond donors (Lipinski definition) is 7. The van der Waals surface area contributed by atoms with Crippen molar-refractivity contribution in [3.05, 3.63) is 116 Å². The van der Waals surface area contributed by atoms with Gasteiger partial charge in [-0.3, -0.25) is 14.4 Å². The molecule has 6 aliphatic rings. The molecule has 42 nitrogen and oxygen atoms in total. The Hall–Kier alpha value is -11.0. The number of halogens is 1. The van der Waals surface area contributed by atoms with E-state index in [1.165, 1.54) is 48.2 Å². The lowest BCUT2D eigenvalue weighted by atomic mass is 10.0. The fourth-order valence-corrected chi connectivity index (χ4v) is 21.1. The predicted molar refractivity (Wildman–Crippen MR) is 564 cm³/mol. The number of aliphatic hydroxyl groups is 1. The molecule has 3 aromatic carbocycles. The van der Waals surface area contributed by atoms with Gasteiger partial charge in [-0.1, -0.05) is 59.0 Å². The molecule has 6 aromatic heterocycles. The van der Waals surface area contributed by atoms with Crippen molar-refractivity contribution in [3.8, 4) is 34.9 Å². The summed E-state index contributed by atoms with van der Waals surface area (Å²) in [6.45, 7) is 32.9. The maximum Gasteiger partial charge on any atom is 0.247 e. The van der Waals surface area contributed by atoms with Gasteiger partial charge in [0.2, 0.25) is 82.6 Å². The predicted octanol–water partition coefficient (Wildman–Crippen LogP) is 10.3. The van der Waals surface area contributed by atoms with Crippen molar-refractivity contribution in [2.24, 2.45) is 0 Å². The number of methoxy groups -OCH3 is 3. The summed E-state index contributed by atoms with van der Waals surface area (Å²) in [6, 6.07) is 20.2. The van der Waals surface area contributed by atoms with Gasteiger partial charge in [0, 0.05) is 124 Å². The van der Waals surface area contributed by atoms with Crippen molar-refractivity contribution in [2.75, 3.05) is 221 Å². The number of sulfonamides is 3. The molecule has 0 unspecified atom stereocenters. The van der Waals surface area contributed by atoms with Gasteiger partial charge in [-0.2, -0.15) is 42.8 Å². The number of amides is 3. The molecule has 3 amide bonds. The fraction of sp³-hybridized carbons (Fsp3) is 0.521. The number of aromatic nitrogens is 9. The van der Waals surface area contributed by atoms with Crippen LogP contribution in [0.2, 0.25) is 56.7 Å². The number of carbonyl (C=O) groups is 3. The highest BCUT2D eigenvalue weighted by molar-refractivity contribution is 7.88. The Morgan fingerprint density at radius 3 is 1.06 bits per heavy atom. The summed E-state index contributed by atoms with van der Waals surface area (Å²) in [4.78, 5) is 77.4. The fourth-order valence-electron chi connectivity index (χ4n) is 16.8. The van der Waals surface area contributed by atoms with Crippen LogP contribution in [0.15, 0.2) is 111 Å². The van der Waals surface area contributed by atoms with Crippen molar-refractivity contribution in [2.45, 2.75) is 147 Å². The molecule has 12 heterocycles. The number of aliphatic hydroxyl groups excluding tert-OH is 1. The second kappa shape index (κ2) is 47.7. The van der Waals surface area contributed by atoms with Crippen LogP contribution >= 0.6 is 11.6 Å². The summed E-state index contributed by atoms with van der Waals surface area (Å²) < 4.78 is 127. The molecule has 9 aromatic rings. The monoisotopic (exact) mass is 2080 g/mol. The Labute approximate surface area is 839 Å². The van der Waals surface area contributed by atoms with Gasteiger partial charge < -0.3 is 118 Å². The Morgan fingerprint density at radius 2 is 0.761 bits per heavy atom. The van der Waals surface area contributed by atoms with Crippen LogP contribution in [0.25, 0.3) is 33.1 Å². The summed E-state index contributed by atoms with van der Waals surface area (Å²) >= 11 is 6.06. The van der Waals surface area contributed by atoms with E-state index >= 15 is 0 Å². The van der Waals surface area contributed by atoms with E-state index in [1.807, 2.05) is 57.9 Å². The number of fused-ring (bicyclic) bond motifs is 3. The number of benzene rings is 3. The van der Waals surface area contributed by atoms with Gasteiger partial charge >= 0.3 is 0 Å². The SMILES string of the molecule is C=CC(=O)Nc1cc(N)c(OC)cc1N1CCC(N(C)C)CC1.C=CC(=O)Nc1cc(Nc2nc(OC3CN(S(C)(=O)=O)C3)c3ccn(CO)c3n2)c(OC)cc1N1CCC(N(C)C)CC1.C=CC(=O)Nc1cc(Nc2nc(OC3CN(S(C)(=O)=O)C3)c3ccn(COCC[Si](C)(C)C)c3n2)c(OC)cc1N1CCC(N(C)C)CC1.C[Si](C)(C)CCOCn1ccc2c(OC3CN(S(C)(=O)=O)C3)nc(Cl)nc21. The molecule has 48 heteroatoms. The van der Waals surface area contributed by atoms with Gasteiger partial charge in [-0.15, -0.1) is 0 Å². The highest BCUT2D eigenvalue weighted by atomic mass is 35.5. The molecule has 15 rings (SSSR count). The second-order valence-corrected chi connectivity index (χ2v) is 56.5. The molecule has 6 aliphatic heterocycles. The number of piperidine rings is 3. The zero-order chi connectivity index (χ0) is 103. The van der Waals surface area contributed by atoms with Crippen LogP contribution in [0.3, 0.4) is 0 Å². The zero-order valence-electron chi connectivity index (χ0n) is 84.5. The second-order valence-electron chi connectivity index (χ2n) is 39.0. The number of anilines is 11. The van der Waals surface area contributed by atoms with Crippen molar-refractivity contribution >= 4 is 172 Å². The first-order valence-electron chi connectivity index (χ1n) is 47.0. The maximum atomic E-state index is 12.6. The lowest BCUT2D eigenvalue weighted by molar-refractivity contribution is -0.112. The minimum absolute atomic E-state index is 0.0823. The van der Waals surface area contributed by atoms with Gasteiger partial charge in [0.05, 0.1) is 147 Å². The van der Waals surface area contributed by atoms with E-state index in [9.17, 15) is 44.7 Å². The summed E-state index contributed by atoms with van der Waals surface area (Å²) in [5, 5.41) is 27.2. The summed E-state index contributed by atoms with van der Waals surface area (Å²) in [6.07, 6.45) is 17.8.